The van der Waals surface area contributed by atoms with Crippen molar-refractivity contribution in [2.45, 2.75) is 0 Å². The summed E-state index contributed by atoms with van der Waals surface area (Å²) in [4.78, 5) is 28.2. The van der Waals surface area contributed by atoms with Crippen molar-refractivity contribution in [3.63, 3.8) is 0 Å². The summed E-state index contributed by atoms with van der Waals surface area (Å²) in [6.45, 7) is 3.75. The van der Waals surface area contributed by atoms with Crippen molar-refractivity contribution in [1.82, 2.24) is 24.2 Å². The summed E-state index contributed by atoms with van der Waals surface area (Å²) in [5, 5.41) is 0.844. The number of aromatic nitrogens is 3. The zero-order valence-corrected chi connectivity index (χ0v) is 14.8. The Morgan fingerprint density at radius 3 is 2.60 bits per heavy atom. The predicted octanol–water partition coefficient (Wildman–Crippen LogP) is 1.34. The van der Waals surface area contributed by atoms with Crippen molar-refractivity contribution in [3.8, 4) is 0 Å². The number of pyridine rings is 1. The van der Waals surface area contributed by atoms with Crippen LogP contribution in [0.15, 0.2) is 30.7 Å². The fourth-order valence-corrected chi connectivity index (χ4v) is 3.43. The van der Waals surface area contributed by atoms with Crippen LogP contribution in [0.5, 0.6) is 0 Å². The minimum absolute atomic E-state index is 0.0242. The van der Waals surface area contributed by atoms with E-state index in [1.807, 2.05) is 28.8 Å². The molecule has 25 heavy (non-hydrogen) atoms. The first kappa shape index (κ1) is 15.8. The minimum atomic E-state index is -0.0242. The van der Waals surface area contributed by atoms with Crippen molar-refractivity contribution in [2.24, 2.45) is 0 Å². The number of carbonyl (C=O) groups is 1. The van der Waals surface area contributed by atoms with E-state index < -0.39 is 0 Å². The second-order valence-corrected chi connectivity index (χ2v) is 6.72. The van der Waals surface area contributed by atoms with E-state index in [9.17, 15) is 4.79 Å². The van der Waals surface area contributed by atoms with E-state index in [-0.39, 0.29) is 5.91 Å². The molecule has 3 aromatic heterocycles. The Bertz CT molecular complexity index is 939. The van der Waals surface area contributed by atoms with Crippen LogP contribution < -0.4 is 4.90 Å². The molecule has 130 valence electrons. The summed E-state index contributed by atoms with van der Waals surface area (Å²) in [5.41, 5.74) is 2.33. The molecule has 0 aliphatic carbocycles. The second kappa shape index (κ2) is 6.00. The van der Waals surface area contributed by atoms with Gasteiger partial charge in [-0.3, -0.25) is 4.79 Å². The number of hydrogen-bond donors (Lipinski definition) is 0. The first-order valence-electron chi connectivity index (χ1n) is 8.47. The molecule has 0 radical (unpaired) electrons. The van der Waals surface area contributed by atoms with Crippen LogP contribution in [0.4, 0.5) is 5.82 Å². The summed E-state index contributed by atoms with van der Waals surface area (Å²) in [6.07, 6.45) is 3.55. The number of anilines is 1. The second-order valence-electron chi connectivity index (χ2n) is 6.72. The van der Waals surface area contributed by atoms with Crippen molar-refractivity contribution in [3.05, 3.63) is 36.3 Å². The fraction of sp³-hybridized carbons (Fsp3) is 0.389. The molecule has 1 aliphatic heterocycles. The van der Waals surface area contributed by atoms with Gasteiger partial charge >= 0.3 is 0 Å². The standard InChI is InChI=1S/C18H22N6O/c1-21(2)18(25)14-13-6-4-5-7-24(13)17-15(14)16(19-12-20-17)23-10-8-22(3)9-11-23/h4-7,12H,8-11H2,1-3H3. The van der Waals surface area contributed by atoms with E-state index in [1.54, 1.807) is 25.3 Å². The lowest BCUT2D eigenvalue weighted by Crippen LogP contribution is -2.45. The zero-order chi connectivity index (χ0) is 17.6. The largest absolute Gasteiger partial charge is 0.353 e. The lowest BCUT2D eigenvalue weighted by molar-refractivity contribution is 0.0831. The van der Waals surface area contributed by atoms with Gasteiger partial charge in [-0.25, -0.2) is 9.97 Å². The number of nitrogens with zero attached hydrogens (tertiary/aromatic N) is 6. The van der Waals surface area contributed by atoms with Gasteiger partial charge in [0.2, 0.25) is 0 Å². The molecule has 0 bridgehead atoms. The molecule has 0 atom stereocenters. The average Bonchev–Trinajstić information content (AvgIpc) is 2.96. The third-order valence-electron chi connectivity index (χ3n) is 4.82. The minimum Gasteiger partial charge on any atom is -0.353 e. The molecule has 4 heterocycles. The number of hydrogen-bond acceptors (Lipinski definition) is 5. The summed E-state index contributed by atoms with van der Waals surface area (Å²) in [6, 6.07) is 5.86. The summed E-state index contributed by atoms with van der Waals surface area (Å²) in [7, 11) is 5.68. The molecule has 7 nitrogen and oxygen atoms in total. The highest BCUT2D eigenvalue weighted by Gasteiger charge is 2.26. The topological polar surface area (TPSA) is 57.0 Å². The van der Waals surface area contributed by atoms with Crippen LogP contribution in [0, 0.1) is 0 Å². The molecular weight excluding hydrogens is 316 g/mol. The van der Waals surface area contributed by atoms with Crippen molar-refractivity contribution < 1.29 is 4.79 Å². The number of likely N-dealkylation sites (N-methyl/N-ethyl adjacent to an activating group) is 1. The third-order valence-corrected chi connectivity index (χ3v) is 4.82. The summed E-state index contributed by atoms with van der Waals surface area (Å²) < 4.78 is 1.98. The molecule has 1 aliphatic rings. The normalized spacial score (nSPS) is 15.9. The highest BCUT2D eigenvalue weighted by Crippen LogP contribution is 2.32. The number of carbonyl (C=O) groups excluding carboxylic acids is 1. The van der Waals surface area contributed by atoms with E-state index in [2.05, 4.69) is 26.8 Å². The van der Waals surface area contributed by atoms with Crippen LogP contribution in [0.3, 0.4) is 0 Å². The number of rotatable bonds is 2. The highest BCUT2D eigenvalue weighted by molar-refractivity contribution is 6.16. The van der Waals surface area contributed by atoms with E-state index >= 15 is 0 Å². The third kappa shape index (κ3) is 2.51. The lowest BCUT2D eigenvalue weighted by Gasteiger charge is -2.33. The van der Waals surface area contributed by atoms with Gasteiger partial charge in [0, 0.05) is 46.5 Å². The SMILES string of the molecule is CN1CCN(c2ncnc3c2c(C(=O)N(C)C)c2ccccn23)CC1. The van der Waals surface area contributed by atoms with Crippen LogP contribution in [0.25, 0.3) is 16.6 Å². The molecule has 4 rings (SSSR count). The van der Waals surface area contributed by atoms with Gasteiger partial charge in [-0.15, -0.1) is 0 Å². The van der Waals surface area contributed by atoms with Gasteiger partial charge in [0.1, 0.15) is 12.1 Å². The molecule has 0 unspecified atom stereocenters. The molecule has 0 N–H and O–H groups in total. The first-order valence-corrected chi connectivity index (χ1v) is 8.47. The van der Waals surface area contributed by atoms with Gasteiger partial charge in [-0.05, 0) is 19.2 Å². The highest BCUT2D eigenvalue weighted by atomic mass is 16.2. The molecule has 0 aromatic carbocycles. The molecule has 0 spiro atoms. The van der Waals surface area contributed by atoms with Gasteiger partial charge < -0.3 is 19.1 Å². The van der Waals surface area contributed by atoms with Crippen molar-refractivity contribution in [2.75, 3.05) is 52.2 Å². The molecule has 1 saturated heterocycles. The van der Waals surface area contributed by atoms with E-state index in [0.717, 1.165) is 48.5 Å². The quantitative estimate of drug-likeness (QED) is 0.706. The van der Waals surface area contributed by atoms with Crippen LogP contribution in [-0.4, -0.2) is 77.4 Å². The predicted molar refractivity (Wildman–Crippen MR) is 98.2 cm³/mol. The summed E-state index contributed by atoms with van der Waals surface area (Å²) in [5.74, 6) is 0.830. The smallest absolute Gasteiger partial charge is 0.256 e. The maximum absolute atomic E-state index is 13.0. The Morgan fingerprint density at radius 2 is 1.88 bits per heavy atom. The van der Waals surface area contributed by atoms with E-state index in [0.29, 0.717) is 5.56 Å². The van der Waals surface area contributed by atoms with Gasteiger partial charge in [0.05, 0.1) is 16.5 Å². The number of amides is 1. The van der Waals surface area contributed by atoms with Crippen molar-refractivity contribution in [1.29, 1.82) is 0 Å². The van der Waals surface area contributed by atoms with Gasteiger partial charge in [0.25, 0.3) is 5.91 Å². The van der Waals surface area contributed by atoms with E-state index in [1.165, 1.54) is 0 Å². The lowest BCUT2D eigenvalue weighted by atomic mass is 10.1. The zero-order valence-electron chi connectivity index (χ0n) is 14.8. The summed E-state index contributed by atoms with van der Waals surface area (Å²) >= 11 is 0. The number of piperazine rings is 1. The monoisotopic (exact) mass is 338 g/mol. The van der Waals surface area contributed by atoms with Crippen LogP contribution in [-0.2, 0) is 0 Å². The van der Waals surface area contributed by atoms with Crippen LogP contribution in [0.2, 0.25) is 0 Å². The van der Waals surface area contributed by atoms with Gasteiger partial charge in [-0.1, -0.05) is 6.07 Å². The van der Waals surface area contributed by atoms with E-state index in [4.69, 9.17) is 0 Å². The molecule has 1 fully saturated rings. The maximum Gasteiger partial charge on any atom is 0.256 e. The molecule has 1 amide bonds. The maximum atomic E-state index is 13.0. The Labute approximate surface area is 146 Å². The fourth-order valence-electron chi connectivity index (χ4n) is 3.43. The molecule has 3 aromatic rings. The Hall–Kier alpha value is -2.67. The Balaban J connectivity index is 2.00. The van der Waals surface area contributed by atoms with Gasteiger partial charge in [0.15, 0.2) is 5.65 Å². The molecular formula is C18H22N6O. The van der Waals surface area contributed by atoms with Gasteiger partial charge in [-0.2, -0.15) is 0 Å². The molecule has 0 saturated carbocycles. The average molecular weight is 338 g/mol. The molecule has 7 heteroatoms. The first-order chi connectivity index (χ1) is 12.1. The van der Waals surface area contributed by atoms with Crippen molar-refractivity contribution >= 4 is 28.3 Å². The Morgan fingerprint density at radius 1 is 1.12 bits per heavy atom. The van der Waals surface area contributed by atoms with Crippen LogP contribution in [0.1, 0.15) is 10.4 Å². The number of fused-ring (bicyclic) bond motifs is 3. The van der Waals surface area contributed by atoms with Crippen LogP contribution >= 0.6 is 0 Å². The Kier molecular flexibility index (Phi) is 3.80.